The highest BCUT2D eigenvalue weighted by molar-refractivity contribution is 5.83. The first-order valence-electron chi connectivity index (χ1n) is 8.48. The van der Waals surface area contributed by atoms with Crippen molar-refractivity contribution in [2.24, 2.45) is 5.73 Å². The highest BCUT2D eigenvalue weighted by Crippen LogP contribution is 2.18. The summed E-state index contributed by atoms with van der Waals surface area (Å²) in [4.78, 5) is 21.1. The second-order valence-corrected chi connectivity index (χ2v) is 6.09. The van der Waals surface area contributed by atoms with Crippen molar-refractivity contribution in [3.05, 3.63) is 65.4 Å². The maximum absolute atomic E-state index is 12.3. The molecule has 1 aromatic carbocycles. The normalized spacial score (nSPS) is 12.0. The number of H-pyrrole nitrogens is 1. The molecule has 0 spiro atoms. The molecule has 0 aliphatic carbocycles. The van der Waals surface area contributed by atoms with E-state index in [1.807, 2.05) is 50.2 Å². The predicted molar refractivity (Wildman–Crippen MR) is 99.2 cm³/mol. The Morgan fingerprint density at radius 1 is 1.23 bits per heavy atom. The fraction of sp³-hybridized carbons (Fsp3) is 0.263. The fourth-order valence-corrected chi connectivity index (χ4v) is 2.85. The van der Waals surface area contributed by atoms with Crippen molar-refractivity contribution in [2.75, 3.05) is 6.54 Å². The van der Waals surface area contributed by atoms with Crippen LogP contribution in [0.3, 0.4) is 0 Å². The van der Waals surface area contributed by atoms with E-state index in [2.05, 4.69) is 25.5 Å². The summed E-state index contributed by atoms with van der Waals surface area (Å²) in [5.41, 5.74) is 10.3. The van der Waals surface area contributed by atoms with Crippen LogP contribution in [0.5, 0.6) is 0 Å². The average Bonchev–Trinajstić information content (AvgIpc) is 3.00. The molecular formula is C19H22N6O. The van der Waals surface area contributed by atoms with Gasteiger partial charge in [-0.1, -0.05) is 30.3 Å². The van der Waals surface area contributed by atoms with Crippen LogP contribution in [0.25, 0.3) is 11.3 Å². The molecule has 3 aromatic rings. The molecule has 0 saturated heterocycles. The Hall–Kier alpha value is -3.06. The van der Waals surface area contributed by atoms with Gasteiger partial charge in [-0.3, -0.25) is 9.89 Å². The van der Waals surface area contributed by atoms with Gasteiger partial charge in [-0.2, -0.15) is 5.10 Å². The summed E-state index contributed by atoms with van der Waals surface area (Å²) < 4.78 is 0. The third-order valence-corrected chi connectivity index (χ3v) is 4.20. The van der Waals surface area contributed by atoms with E-state index >= 15 is 0 Å². The van der Waals surface area contributed by atoms with Crippen molar-refractivity contribution in [1.82, 2.24) is 25.5 Å². The molecule has 0 radical (unpaired) electrons. The number of hydrogen-bond acceptors (Lipinski definition) is 5. The van der Waals surface area contributed by atoms with Crippen LogP contribution in [0.1, 0.15) is 28.8 Å². The highest BCUT2D eigenvalue weighted by atomic mass is 16.2. The molecule has 26 heavy (non-hydrogen) atoms. The van der Waals surface area contributed by atoms with Crippen molar-refractivity contribution >= 4 is 5.91 Å². The monoisotopic (exact) mass is 350 g/mol. The molecule has 1 amide bonds. The van der Waals surface area contributed by atoms with Gasteiger partial charge in [0.15, 0.2) is 0 Å². The van der Waals surface area contributed by atoms with Crippen LogP contribution >= 0.6 is 0 Å². The lowest BCUT2D eigenvalue weighted by Gasteiger charge is -2.12. The van der Waals surface area contributed by atoms with Gasteiger partial charge in [0.25, 0.3) is 0 Å². The predicted octanol–water partition coefficient (Wildman–Crippen LogP) is 1.84. The summed E-state index contributed by atoms with van der Waals surface area (Å²) in [7, 11) is 0. The summed E-state index contributed by atoms with van der Waals surface area (Å²) >= 11 is 0. The summed E-state index contributed by atoms with van der Waals surface area (Å²) in [5, 5.41) is 9.77. The highest BCUT2D eigenvalue weighted by Gasteiger charge is 2.21. The number of carbonyl (C=O) groups is 1. The number of benzene rings is 1. The Morgan fingerprint density at radius 3 is 2.69 bits per heavy atom. The van der Waals surface area contributed by atoms with Crippen LogP contribution in [-0.4, -0.2) is 32.6 Å². The number of aryl methyl sites for hydroxylation is 2. The molecule has 7 nitrogen and oxygen atoms in total. The number of nitrogens with two attached hydrogens (primary N) is 1. The molecule has 2 heterocycles. The molecule has 1 atom stereocenters. The van der Waals surface area contributed by atoms with Gasteiger partial charge in [0.1, 0.15) is 11.9 Å². The van der Waals surface area contributed by atoms with Gasteiger partial charge in [-0.05, 0) is 19.9 Å². The average molecular weight is 350 g/mol. The van der Waals surface area contributed by atoms with Gasteiger partial charge in [-0.15, -0.1) is 0 Å². The summed E-state index contributed by atoms with van der Waals surface area (Å²) in [5.74, 6) is 0.438. The Kier molecular flexibility index (Phi) is 5.38. The third kappa shape index (κ3) is 3.94. The molecule has 1 unspecified atom stereocenters. The summed E-state index contributed by atoms with van der Waals surface area (Å²) in [6.07, 6.45) is 2.26. The zero-order valence-electron chi connectivity index (χ0n) is 14.9. The lowest BCUT2D eigenvalue weighted by molar-refractivity contribution is -0.122. The fourth-order valence-electron chi connectivity index (χ4n) is 2.85. The molecule has 3 rings (SSSR count). The quantitative estimate of drug-likeness (QED) is 0.628. The smallest absolute Gasteiger partial charge is 0.241 e. The Morgan fingerprint density at radius 2 is 2.00 bits per heavy atom. The molecule has 0 aliphatic rings. The zero-order valence-corrected chi connectivity index (χ0v) is 14.9. The minimum Gasteiger partial charge on any atom is -0.354 e. The van der Waals surface area contributed by atoms with Crippen molar-refractivity contribution in [3.8, 4) is 11.3 Å². The van der Waals surface area contributed by atoms with E-state index < -0.39 is 6.04 Å². The van der Waals surface area contributed by atoms with Crippen molar-refractivity contribution < 1.29 is 4.79 Å². The maximum atomic E-state index is 12.3. The van der Waals surface area contributed by atoms with Crippen LogP contribution < -0.4 is 11.1 Å². The van der Waals surface area contributed by atoms with Gasteiger partial charge in [0.2, 0.25) is 5.91 Å². The number of nitrogens with one attached hydrogen (secondary N) is 2. The third-order valence-electron chi connectivity index (χ3n) is 4.20. The van der Waals surface area contributed by atoms with E-state index in [0.717, 1.165) is 28.2 Å². The van der Waals surface area contributed by atoms with Crippen LogP contribution in [0.4, 0.5) is 0 Å². The Bertz CT molecular complexity index is 871. The van der Waals surface area contributed by atoms with Gasteiger partial charge in [-0.25, -0.2) is 9.97 Å². The second-order valence-electron chi connectivity index (χ2n) is 6.09. The van der Waals surface area contributed by atoms with Gasteiger partial charge < -0.3 is 11.1 Å². The minimum absolute atomic E-state index is 0.239. The van der Waals surface area contributed by atoms with Crippen LogP contribution in [0.2, 0.25) is 0 Å². The molecule has 4 N–H and O–H groups in total. The molecular weight excluding hydrogens is 328 g/mol. The van der Waals surface area contributed by atoms with Crippen molar-refractivity contribution in [1.29, 1.82) is 0 Å². The number of rotatable bonds is 6. The number of hydrogen-bond donors (Lipinski definition) is 3. The van der Waals surface area contributed by atoms with Gasteiger partial charge in [0, 0.05) is 36.0 Å². The lowest BCUT2D eigenvalue weighted by atomic mass is 10.1. The van der Waals surface area contributed by atoms with Crippen LogP contribution in [0, 0.1) is 13.8 Å². The van der Waals surface area contributed by atoms with E-state index in [1.54, 1.807) is 6.20 Å². The van der Waals surface area contributed by atoms with Crippen molar-refractivity contribution in [2.45, 2.75) is 26.3 Å². The minimum atomic E-state index is -0.745. The van der Waals surface area contributed by atoms with E-state index in [0.29, 0.717) is 18.8 Å². The molecule has 0 saturated carbocycles. The maximum Gasteiger partial charge on any atom is 0.241 e. The Labute approximate surface area is 152 Å². The van der Waals surface area contributed by atoms with Gasteiger partial charge >= 0.3 is 0 Å². The number of carbonyl (C=O) groups excluding carboxylic acids is 1. The SMILES string of the molecule is Cc1n[nH]c(C)c1C(N)C(=O)NCCc1nccc(-c2ccccc2)n1. The van der Waals surface area contributed by atoms with E-state index in [9.17, 15) is 4.79 Å². The first kappa shape index (κ1) is 17.8. The summed E-state index contributed by atoms with van der Waals surface area (Å²) in [6.45, 7) is 4.10. The van der Waals surface area contributed by atoms with Crippen LogP contribution in [0.15, 0.2) is 42.6 Å². The number of nitrogens with zero attached hydrogens (tertiary/aromatic N) is 3. The molecule has 0 fully saturated rings. The van der Waals surface area contributed by atoms with Crippen LogP contribution in [-0.2, 0) is 11.2 Å². The largest absolute Gasteiger partial charge is 0.354 e. The number of aromatic nitrogens is 4. The molecule has 7 heteroatoms. The summed E-state index contributed by atoms with van der Waals surface area (Å²) in [6, 6.07) is 11.0. The molecule has 0 aliphatic heterocycles. The van der Waals surface area contributed by atoms with E-state index in [-0.39, 0.29) is 5.91 Å². The first-order chi connectivity index (χ1) is 12.6. The first-order valence-corrected chi connectivity index (χ1v) is 8.48. The molecule has 0 bridgehead atoms. The Balaban J connectivity index is 1.59. The molecule has 134 valence electrons. The molecule has 2 aromatic heterocycles. The zero-order chi connectivity index (χ0) is 18.5. The number of amides is 1. The standard InChI is InChI=1S/C19H22N6O/c1-12-17(13(2)25-24-12)18(20)19(26)22-11-9-16-21-10-8-15(23-16)14-6-4-3-5-7-14/h3-8,10,18H,9,11,20H2,1-2H3,(H,22,26)(H,24,25). The van der Waals surface area contributed by atoms with E-state index in [4.69, 9.17) is 5.73 Å². The topological polar surface area (TPSA) is 110 Å². The van der Waals surface area contributed by atoms with E-state index in [1.165, 1.54) is 0 Å². The van der Waals surface area contributed by atoms with Gasteiger partial charge in [0.05, 0.1) is 11.4 Å². The second kappa shape index (κ2) is 7.88. The van der Waals surface area contributed by atoms with Crippen molar-refractivity contribution in [3.63, 3.8) is 0 Å². The number of aromatic amines is 1. The lowest BCUT2D eigenvalue weighted by Crippen LogP contribution is -2.36.